The Morgan fingerprint density at radius 1 is 1.15 bits per heavy atom. The number of hydrogen-bond donors (Lipinski definition) is 1. The molecule has 1 aromatic heterocycles. The number of hydrogen-bond acceptors (Lipinski definition) is 2. The summed E-state index contributed by atoms with van der Waals surface area (Å²) in [4.78, 5) is 17.2. The molecule has 1 saturated carbocycles. The topological polar surface area (TPSA) is 46.9 Å². The van der Waals surface area contributed by atoms with Crippen molar-refractivity contribution in [3.63, 3.8) is 0 Å². The lowest BCUT2D eigenvalue weighted by atomic mass is 9.86. The van der Waals surface area contributed by atoms with Gasteiger partial charge in [0, 0.05) is 17.3 Å². The van der Waals surface area contributed by atoms with Gasteiger partial charge in [0.15, 0.2) is 0 Å². The Kier molecular flexibility index (Phi) is 4.97. The second-order valence-corrected chi connectivity index (χ2v) is 7.68. The van der Waals surface area contributed by atoms with Gasteiger partial charge in [-0.1, -0.05) is 38.8 Å². The van der Waals surface area contributed by atoms with Crippen LogP contribution in [0.5, 0.6) is 0 Å². The Bertz CT molecular complexity index is 942. The van der Waals surface area contributed by atoms with Crippen LogP contribution in [-0.2, 0) is 6.42 Å². The molecule has 140 valence electrons. The summed E-state index contributed by atoms with van der Waals surface area (Å²) in [7, 11) is 0. The van der Waals surface area contributed by atoms with Crippen LogP contribution in [0.15, 0.2) is 48.8 Å². The highest BCUT2D eigenvalue weighted by molar-refractivity contribution is 5.97. The largest absolute Gasteiger partial charge is 0.349 e. The maximum absolute atomic E-state index is 12.7. The minimum absolute atomic E-state index is 0.0116. The predicted molar refractivity (Wildman–Crippen MR) is 109 cm³/mol. The van der Waals surface area contributed by atoms with Gasteiger partial charge < -0.3 is 5.32 Å². The van der Waals surface area contributed by atoms with Gasteiger partial charge in [-0.05, 0) is 61.1 Å². The second-order valence-electron chi connectivity index (χ2n) is 7.68. The van der Waals surface area contributed by atoms with Gasteiger partial charge in [0.05, 0.1) is 11.0 Å². The van der Waals surface area contributed by atoms with Gasteiger partial charge in [-0.2, -0.15) is 0 Å². The Morgan fingerprint density at radius 2 is 1.93 bits per heavy atom. The molecule has 1 amide bonds. The van der Waals surface area contributed by atoms with E-state index >= 15 is 0 Å². The Balaban J connectivity index is 1.57. The van der Waals surface area contributed by atoms with E-state index in [-0.39, 0.29) is 11.9 Å². The molecule has 3 aromatic rings. The predicted octanol–water partition coefficient (Wildman–Crippen LogP) is 4.90. The Morgan fingerprint density at radius 3 is 2.67 bits per heavy atom. The molecule has 4 heteroatoms. The van der Waals surface area contributed by atoms with Crippen LogP contribution in [-0.4, -0.2) is 21.5 Å². The fraction of sp³-hybridized carbons (Fsp3) is 0.391. The second kappa shape index (κ2) is 7.55. The van der Waals surface area contributed by atoms with Crippen LogP contribution in [0.25, 0.3) is 16.7 Å². The lowest BCUT2D eigenvalue weighted by Gasteiger charge is -2.29. The molecule has 0 unspecified atom stereocenters. The zero-order chi connectivity index (χ0) is 18.8. The SMILES string of the molecule is CCc1ccc(-n2cnc3cc(C(=O)N[C@@H]4CCCC[C@H]4C)ccc32)cc1. The first-order valence-electron chi connectivity index (χ1n) is 10.0. The fourth-order valence-corrected chi connectivity index (χ4v) is 4.03. The normalized spacial score (nSPS) is 19.9. The van der Waals surface area contributed by atoms with Gasteiger partial charge in [-0.15, -0.1) is 0 Å². The van der Waals surface area contributed by atoms with Gasteiger partial charge >= 0.3 is 0 Å². The molecule has 1 fully saturated rings. The first-order chi connectivity index (χ1) is 13.2. The van der Waals surface area contributed by atoms with Crippen LogP contribution >= 0.6 is 0 Å². The fourth-order valence-electron chi connectivity index (χ4n) is 4.03. The summed E-state index contributed by atoms with van der Waals surface area (Å²) >= 11 is 0. The van der Waals surface area contributed by atoms with Crippen molar-refractivity contribution in [1.82, 2.24) is 14.9 Å². The lowest BCUT2D eigenvalue weighted by Crippen LogP contribution is -2.41. The van der Waals surface area contributed by atoms with Gasteiger partial charge in [-0.3, -0.25) is 9.36 Å². The number of rotatable bonds is 4. The van der Waals surface area contributed by atoms with Crippen molar-refractivity contribution in [3.8, 4) is 5.69 Å². The highest BCUT2D eigenvalue weighted by atomic mass is 16.1. The van der Waals surface area contributed by atoms with E-state index in [2.05, 4.69) is 53.0 Å². The molecule has 0 saturated heterocycles. The van der Waals surface area contributed by atoms with Gasteiger partial charge in [0.1, 0.15) is 6.33 Å². The quantitative estimate of drug-likeness (QED) is 0.719. The summed E-state index contributed by atoms with van der Waals surface area (Å²) in [5.74, 6) is 0.564. The third kappa shape index (κ3) is 3.61. The molecular weight excluding hydrogens is 334 g/mol. The van der Waals surface area contributed by atoms with E-state index < -0.39 is 0 Å². The van der Waals surface area contributed by atoms with Crippen LogP contribution in [0.2, 0.25) is 0 Å². The summed E-state index contributed by atoms with van der Waals surface area (Å²) < 4.78 is 2.07. The first-order valence-corrected chi connectivity index (χ1v) is 10.0. The van der Waals surface area contributed by atoms with E-state index in [4.69, 9.17) is 0 Å². The van der Waals surface area contributed by atoms with Crippen molar-refractivity contribution in [2.24, 2.45) is 5.92 Å². The van der Waals surface area contributed by atoms with Crippen molar-refractivity contribution in [2.45, 2.75) is 52.0 Å². The molecule has 4 rings (SSSR count). The molecule has 2 aromatic carbocycles. The molecule has 0 bridgehead atoms. The molecule has 1 aliphatic rings. The number of fused-ring (bicyclic) bond motifs is 1. The average Bonchev–Trinajstić information content (AvgIpc) is 3.13. The Labute approximate surface area is 160 Å². The molecule has 4 nitrogen and oxygen atoms in total. The number of amides is 1. The molecule has 1 N–H and O–H groups in total. The molecular formula is C23H27N3O. The zero-order valence-electron chi connectivity index (χ0n) is 16.1. The molecule has 0 spiro atoms. The van der Waals surface area contributed by atoms with Crippen LogP contribution in [0, 0.1) is 5.92 Å². The molecule has 1 aliphatic carbocycles. The minimum Gasteiger partial charge on any atom is -0.349 e. The standard InChI is InChI=1S/C23H27N3O/c1-3-17-8-11-19(12-9-17)26-15-24-21-14-18(10-13-22(21)26)23(27)25-20-7-5-4-6-16(20)2/h8-16,20H,3-7H2,1-2H3,(H,25,27)/t16-,20-/m1/s1. The molecule has 0 radical (unpaired) electrons. The van der Waals surface area contributed by atoms with E-state index in [0.717, 1.165) is 29.6 Å². The average molecular weight is 361 g/mol. The summed E-state index contributed by atoms with van der Waals surface area (Å²) in [5.41, 5.74) is 4.95. The summed E-state index contributed by atoms with van der Waals surface area (Å²) in [5, 5.41) is 3.23. The van der Waals surface area contributed by atoms with Crippen molar-refractivity contribution in [1.29, 1.82) is 0 Å². The number of imidazole rings is 1. The number of carbonyl (C=O) groups excluding carboxylic acids is 1. The van der Waals surface area contributed by atoms with E-state index in [1.54, 1.807) is 0 Å². The van der Waals surface area contributed by atoms with Gasteiger partial charge in [-0.25, -0.2) is 4.98 Å². The summed E-state index contributed by atoms with van der Waals surface area (Å²) in [6.07, 6.45) is 7.62. The molecule has 0 aliphatic heterocycles. The van der Waals surface area contributed by atoms with Gasteiger partial charge in [0.25, 0.3) is 5.91 Å². The third-order valence-electron chi connectivity index (χ3n) is 5.86. The monoisotopic (exact) mass is 361 g/mol. The Hall–Kier alpha value is -2.62. The molecule has 27 heavy (non-hydrogen) atoms. The van der Waals surface area contributed by atoms with Crippen LogP contribution in [0.4, 0.5) is 0 Å². The van der Waals surface area contributed by atoms with Crippen molar-refractivity contribution in [3.05, 3.63) is 59.9 Å². The molecule has 2 atom stereocenters. The maximum Gasteiger partial charge on any atom is 0.251 e. The highest BCUT2D eigenvalue weighted by Crippen LogP contribution is 2.25. The lowest BCUT2D eigenvalue weighted by molar-refractivity contribution is 0.0910. The first kappa shape index (κ1) is 17.8. The zero-order valence-corrected chi connectivity index (χ0v) is 16.1. The maximum atomic E-state index is 12.7. The highest BCUT2D eigenvalue weighted by Gasteiger charge is 2.23. The number of nitrogens with one attached hydrogen (secondary N) is 1. The van der Waals surface area contributed by atoms with E-state index in [1.165, 1.54) is 24.8 Å². The van der Waals surface area contributed by atoms with Gasteiger partial charge in [0.2, 0.25) is 0 Å². The summed E-state index contributed by atoms with van der Waals surface area (Å²) in [6, 6.07) is 14.6. The van der Waals surface area contributed by atoms with Crippen molar-refractivity contribution < 1.29 is 4.79 Å². The minimum atomic E-state index is 0.0116. The smallest absolute Gasteiger partial charge is 0.251 e. The summed E-state index contributed by atoms with van der Waals surface area (Å²) in [6.45, 7) is 4.39. The number of aryl methyl sites for hydroxylation is 1. The van der Waals surface area contributed by atoms with E-state index in [1.807, 2.05) is 24.5 Å². The number of benzene rings is 2. The van der Waals surface area contributed by atoms with Crippen LogP contribution < -0.4 is 5.32 Å². The van der Waals surface area contributed by atoms with Crippen molar-refractivity contribution >= 4 is 16.9 Å². The van der Waals surface area contributed by atoms with E-state index in [0.29, 0.717) is 11.5 Å². The number of aromatic nitrogens is 2. The van der Waals surface area contributed by atoms with Crippen molar-refractivity contribution in [2.75, 3.05) is 0 Å². The number of carbonyl (C=O) groups is 1. The van der Waals surface area contributed by atoms with Crippen LogP contribution in [0.3, 0.4) is 0 Å². The van der Waals surface area contributed by atoms with E-state index in [9.17, 15) is 4.79 Å². The van der Waals surface area contributed by atoms with Crippen LogP contribution in [0.1, 0.15) is 55.5 Å². The third-order valence-corrected chi connectivity index (χ3v) is 5.86. The number of nitrogens with zero attached hydrogens (tertiary/aromatic N) is 2. The molecule has 1 heterocycles.